The second kappa shape index (κ2) is 11.6. The van der Waals surface area contributed by atoms with Gasteiger partial charge in [-0.3, -0.25) is 9.79 Å². The van der Waals surface area contributed by atoms with E-state index in [1.54, 1.807) is 7.05 Å². The van der Waals surface area contributed by atoms with Crippen molar-refractivity contribution in [3.8, 4) is 0 Å². The summed E-state index contributed by atoms with van der Waals surface area (Å²) < 4.78 is 5.11. The molecule has 1 N–H and O–H groups in total. The predicted molar refractivity (Wildman–Crippen MR) is 113 cm³/mol. The number of esters is 1. The Morgan fingerprint density at radius 1 is 1.36 bits per heavy atom. The summed E-state index contributed by atoms with van der Waals surface area (Å²) in [7, 11) is 1.79. The van der Waals surface area contributed by atoms with Crippen LogP contribution in [0.5, 0.6) is 0 Å². The molecule has 25 heavy (non-hydrogen) atoms. The lowest BCUT2D eigenvalue weighted by Crippen LogP contribution is -2.47. The van der Waals surface area contributed by atoms with Crippen LogP contribution >= 0.6 is 35.6 Å². The van der Waals surface area contributed by atoms with Gasteiger partial charge in [-0.2, -0.15) is 0 Å². The number of likely N-dealkylation sites (tertiary alicyclic amines) is 1. The van der Waals surface area contributed by atoms with Crippen LogP contribution in [-0.2, 0) is 16.0 Å². The molecule has 1 heterocycles. The molecule has 5 nitrogen and oxygen atoms in total. The van der Waals surface area contributed by atoms with Crippen LogP contribution in [-0.4, -0.2) is 50.1 Å². The number of ether oxygens (including phenoxy) is 1. The number of hydrogen-bond acceptors (Lipinski definition) is 3. The molecule has 1 aliphatic rings. The number of nitrogens with one attached hydrogen (secondary N) is 1. The van der Waals surface area contributed by atoms with Gasteiger partial charge < -0.3 is 15.0 Å². The van der Waals surface area contributed by atoms with E-state index in [0.29, 0.717) is 6.61 Å². The SMILES string of the molecule is CCOC(=O)C1CCN(C(=NC)NCCc2ccccc2Cl)CC1.I. The Bertz CT molecular complexity index is 575. The van der Waals surface area contributed by atoms with Gasteiger partial charge in [-0.25, -0.2) is 0 Å². The van der Waals surface area contributed by atoms with Crippen molar-refractivity contribution >= 4 is 47.5 Å². The van der Waals surface area contributed by atoms with Gasteiger partial charge in [0.25, 0.3) is 0 Å². The minimum absolute atomic E-state index is 0. The number of hydrogen-bond donors (Lipinski definition) is 1. The van der Waals surface area contributed by atoms with E-state index in [1.807, 2.05) is 31.2 Å². The lowest BCUT2D eigenvalue weighted by Gasteiger charge is -2.33. The summed E-state index contributed by atoms with van der Waals surface area (Å²) in [6.07, 6.45) is 2.46. The van der Waals surface area contributed by atoms with Gasteiger partial charge in [0.05, 0.1) is 12.5 Å². The molecule has 1 aromatic rings. The first-order valence-corrected chi connectivity index (χ1v) is 8.89. The fourth-order valence-corrected chi connectivity index (χ4v) is 3.16. The monoisotopic (exact) mass is 479 g/mol. The molecule has 0 bridgehead atoms. The number of guanidine groups is 1. The summed E-state index contributed by atoms with van der Waals surface area (Å²) >= 11 is 6.18. The van der Waals surface area contributed by atoms with Crippen molar-refractivity contribution in [1.29, 1.82) is 0 Å². The standard InChI is InChI=1S/C18H26ClN3O2.HI/c1-3-24-17(23)15-9-12-22(13-10-15)18(20-2)21-11-8-14-6-4-5-7-16(14)19;/h4-7,15H,3,8-13H2,1-2H3,(H,20,21);1H. The van der Waals surface area contributed by atoms with Crippen LogP contribution in [0, 0.1) is 5.92 Å². The largest absolute Gasteiger partial charge is 0.466 e. The molecular formula is C18H27ClIN3O2. The Balaban J connectivity index is 0.00000312. The maximum atomic E-state index is 11.8. The van der Waals surface area contributed by atoms with Crippen molar-refractivity contribution in [3.05, 3.63) is 34.9 Å². The third kappa shape index (κ3) is 6.66. The average Bonchev–Trinajstić information content (AvgIpc) is 2.61. The Morgan fingerprint density at radius 2 is 2.04 bits per heavy atom. The first-order valence-electron chi connectivity index (χ1n) is 8.51. The van der Waals surface area contributed by atoms with Crippen LogP contribution in [0.2, 0.25) is 5.02 Å². The molecule has 0 unspecified atom stereocenters. The van der Waals surface area contributed by atoms with Gasteiger partial charge in [-0.05, 0) is 37.8 Å². The lowest BCUT2D eigenvalue weighted by molar-refractivity contribution is -0.149. The van der Waals surface area contributed by atoms with Gasteiger partial charge in [0.2, 0.25) is 0 Å². The Labute approximate surface area is 172 Å². The highest BCUT2D eigenvalue weighted by Gasteiger charge is 2.27. The van der Waals surface area contributed by atoms with Crippen molar-refractivity contribution in [2.24, 2.45) is 10.9 Å². The van der Waals surface area contributed by atoms with Gasteiger partial charge >= 0.3 is 5.97 Å². The molecule has 0 atom stereocenters. The molecule has 1 aliphatic heterocycles. The summed E-state index contributed by atoms with van der Waals surface area (Å²) in [4.78, 5) is 18.4. The normalized spacial score (nSPS) is 15.5. The number of carbonyl (C=O) groups excluding carboxylic acids is 1. The van der Waals surface area contributed by atoms with Gasteiger partial charge in [0, 0.05) is 31.7 Å². The Kier molecular flexibility index (Phi) is 10.2. The van der Waals surface area contributed by atoms with E-state index in [4.69, 9.17) is 16.3 Å². The number of piperidine rings is 1. The lowest BCUT2D eigenvalue weighted by atomic mass is 9.97. The van der Waals surface area contributed by atoms with Crippen molar-refractivity contribution in [3.63, 3.8) is 0 Å². The van der Waals surface area contributed by atoms with Crippen LogP contribution < -0.4 is 5.32 Å². The fraction of sp³-hybridized carbons (Fsp3) is 0.556. The summed E-state index contributed by atoms with van der Waals surface area (Å²) in [6, 6.07) is 7.88. The van der Waals surface area contributed by atoms with Crippen molar-refractivity contribution in [2.75, 3.05) is 33.3 Å². The van der Waals surface area contributed by atoms with E-state index in [1.165, 1.54) is 0 Å². The van der Waals surface area contributed by atoms with E-state index in [9.17, 15) is 4.79 Å². The molecule has 2 rings (SSSR count). The second-order valence-corrected chi connectivity index (χ2v) is 6.24. The topological polar surface area (TPSA) is 53.9 Å². The highest BCUT2D eigenvalue weighted by Crippen LogP contribution is 2.19. The second-order valence-electron chi connectivity index (χ2n) is 5.83. The van der Waals surface area contributed by atoms with Crippen molar-refractivity contribution in [1.82, 2.24) is 10.2 Å². The van der Waals surface area contributed by atoms with Gasteiger partial charge in [0.1, 0.15) is 0 Å². The molecule has 0 aliphatic carbocycles. The molecule has 1 saturated heterocycles. The molecule has 0 aromatic heterocycles. The zero-order valence-corrected chi connectivity index (χ0v) is 17.9. The summed E-state index contributed by atoms with van der Waals surface area (Å²) in [6.45, 7) is 4.70. The minimum atomic E-state index is -0.0705. The number of nitrogens with zero attached hydrogens (tertiary/aromatic N) is 2. The minimum Gasteiger partial charge on any atom is -0.466 e. The molecule has 7 heteroatoms. The summed E-state index contributed by atoms with van der Waals surface area (Å²) in [5.74, 6) is 0.825. The maximum absolute atomic E-state index is 11.8. The summed E-state index contributed by atoms with van der Waals surface area (Å²) in [5.41, 5.74) is 1.13. The zero-order valence-electron chi connectivity index (χ0n) is 14.8. The third-order valence-corrected chi connectivity index (χ3v) is 4.63. The van der Waals surface area contributed by atoms with Crippen LogP contribution in [0.3, 0.4) is 0 Å². The number of carbonyl (C=O) groups is 1. The summed E-state index contributed by atoms with van der Waals surface area (Å²) in [5, 5.41) is 4.18. The smallest absolute Gasteiger partial charge is 0.309 e. The van der Waals surface area contributed by atoms with Crippen LogP contribution in [0.15, 0.2) is 29.3 Å². The van der Waals surface area contributed by atoms with Crippen LogP contribution in [0.25, 0.3) is 0 Å². The number of halogens is 2. The molecule has 1 fully saturated rings. The van der Waals surface area contributed by atoms with Gasteiger partial charge in [0.15, 0.2) is 5.96 Å². The predicted octanol–water partition coefficient (Wildman–Crippen LogP) is 3.35. The Hall–Kier alpha value is -1.02. The number of aliphatic imine (C=N–C) groups is 1. The van der Waals surface area contributed by atoms with Crippen molar-refractivity contribution < 1.29 is 9.53 Å². The van der Waals surface area contributed by atoms with Gasteiger partial charge in [-0.15, -0.1) is 24.0 Å². The molecule has 0 saturated carbocycles. The molecule has 140 valence electrons. The maximum Gasteiger partial charge on any atom is 0.309 e. The quantitative estimate of drug-likeness (QED) is 0.305. The first kappa shape index (κ1) is 22.0. The molecular weight excluding hydrogens is 453 g/mol. The number of rotatable bonds is 5. The van der Waals surface area contributed by atoms with Crippen molar-refractivity contribution in [2.45, 2.75) is 26.2 Å². The van der Waals surface area contributed by atoms with E-state index in [0.717, 1.165) is 55.4 Å². The number of benzene rings is 1. The highest BCUT2D eigenvalue weighted by atomic mass is 127. The molecule has 0 amide bonds. The average molecular weight is 480 g/mol. The fourth-order valence-electron chi connectivity index (χ4n) is 2.93. The third-order valence-electron chi connectivity index (χ3n) is 4.26. The van der Waals surface area contributed by atoms with E-state index < -0.39 is 0 Å². The van der Waals surface area contributed by atoms with Gasteiger partial charge in [-0.1, -0.05) is 29.8 Å². The van der Waals surface area contributed by atoms with Crippen LogP contribution in [0.4, 0.5) is 0 Å². The Morgan fingerprint density at radius 3 is 2.64 bits per heavy atom. The van der Waals surface area contributed by atoms with Crippen LogP contribution in [0.1, 0.15) is 25.3 Å². The molecule has 1 aromatic carbocycles. The molecule has 0 radical (unpaired) electrons. The zero-order chi connectivity index (χ0) is 17.4. The van der Waals surface area contributed by atoms with E-state index >= 15 is 0 Å². The highest BCUT2D eigenvalue weighted by molar-refractivity contribution is 14.0. The van der Waals surface area contributed by atoms with E-state index in [-0.39, 0.29) is 35.9 Å². The van der Waals surface area contributed by atoms with E-state index in [2.05, 4.69) is 15.2 Å². The molecule has 0 spiro atoms. The first-order chi connectivity index (χ1) is 11.7.